The first kappa shape index (κ1) is 17.7. The number of hydrogen-bond donors (Lipinski definition) is 2. The summed E-state index contributed by atoms with van der Waals surface area (Å²) >= 11 is 0. The van der Waals surface area contributed by atoms with Crippen molar-refractivity contribution in [1.29, 1.82) is 0 Å². The van der Waals surface area contributed by atoms with Crippen LogP contribution in [0.25, 0.3) is 0 Å². The highest BCUT2D eigenvalue weighted by molar-refractivity contribution is 5.93. The maximum Gasteiger partial charge on any atom is 0.293 e. The molecule has 0 aliphatic heterocycles. The van der Waals surface area contributed by atoms with E-state index in [9.17, 15) is 9.59 Å². The Balaban J connectivity index is 2.10. The van der Waals surface area contributed by atoms with Crippen LogP contribution in [0.4, 0.5) is 11.4 Å². The fourth-order valence-corrected chi connectivity index (χ4v) is 2.48. The summed E-state index contributed by atoms with van der Waals surface area (Å²) in [5.74, 6) is -0.202. The van der Waals surface area contributed by atoms with Gasteiger partial charge in [0.1, 0.15) is 0 Å². The molecular weight excluding hydrogens is 302 g/mol. The van der Waals surface area contributed by atoms with Crippen molar-refractivity contribution in [2.45, 2.75) is 40.2 Å². The Bertz CT molecular complexity index is 739. The van der Waals surface area contributed by atoms with Gasteiger partial charge in [-0.3, -0.25) is 9.59 Å². The second-order valence-electron chi connectivity index (χ2n) is 5.86. The van der Waals surface area contributed by atoms with Crippen molar-refractivity contribution in [2.75, 3.05) is 10.6 Å². The molecule has 0 fully saturated rings. The number of hydrogen-bond acceptors (Lipinski definition) is 2. The lowest BCUT2D eigenvalue weighted by Gasteiger charge is -2.12. The summed E-state index contributed by atoms with van der Waals surface area (Å²) in [7, 11) is 0. The van der Waals surface area contributed by atoms with Crippen molar-refractivity contribution >= 4 is 23.2 Å². The number of carbonyl (C=O) groups is 2. The molecule has 1 aromatic heterocycles. The van der Waals surface area contributed by atoms with Crippen LogP contribution < -0.4 is 15.2 Å². The van der Waals surface area contributed by atoms with Gasteiger partial charge in [0.15, 0.2) is 11.9 Å². The largest absolute Gasteiger partial charge is 0.326 e. The molecule has 1 heterocycles. The summed E-state index contributed by atoms with van der Waals surface area (Å²) in [6, 6.07) is 10.9. The van der Waals surface area contributed by atoms with Crippen molar-refractivity contribution in [1.82, 2.24) is 0 Å². The zero-order valence-corrected chi connectivity index (χ0v) is 14.6. The lowest BCUT2D eigenvalue weighted by molar-refractivity contribution is -0.711. The third-order valence-corrected chi connectivity index (χ3v) is 3.93. The lowest BCUT2D eigenvalue weighted by Crippen LogP contribution is -2.47. The van der Waals surface area contributed by atoms with Gasteiger partial charge in [-0.25, -0.2) is 0 Å². The van der Waals surface area contributed by atoms with Gasteiger partial charge in [-0.2, -0.15) is 4.57 Å². The van der Waals surface area contributed by atoms with Crippen LogP contribution in [0.1, 0.15) is 38.1 Å². The highest BCUT2D eigenvalue weighted by atomic mass is 16.2. The van der Waals surface area contributed by atoms with E-state index in [1.54, 1.807) is 24.3 Å². The topological polar surface area (TPSA) is 62.1 Å². The van der Waals surface area contributed by atoms with Crippen molar-refractivity contribution in [2.24, 2.45) is 0 Å². The molecule has 2 rings (SSSR count). The molecule has 24 heavy (non-hydrogen) atoms. The Morgan fingerprint density at radius 1 is 1.04 bits per heavy atom. The fraction of sp³-hybridized carbons (Fsp3) is 0.316. The van der Waals surface area contributed by atoms with Crippen LogP contribution >= 0.6 is 0 Å². The molecule has 2 aromatic rings. The molecule has 2 amide bonds. The Morgan fingerprint density at radius 3 is 2.17 bits per heavy atom. The molecule has 0 saturated heterocycles. The van der Waals surface area contributed by atoms with Crippen molar-refractivity contribution in [3.63, 3.8) is 0 Å². The molecule has 1 atom stereocenters. The second kappa shape index (κ2) is 7.73. The molecule has 0 radical (unpaired) electrons. The maximum atomic E-state index is 12.5. The summed E-state index contributed by atoms with van der Waals surface area (Å²) in [4.78, 5) is 23.5. The number of nitrogens with zero attached hydrogens (tertiary/aromatic N) is 1. The van der Waals surface area contributed by atoms with Gasteiger partial charge in [-0.05, 0) is 36.8 Å². The average Bonchev–Trinajstić information content (AvgIpc) is 2.56. The van der Waals surface area contributed by atoms with Crippen LogP contribution in [0.5, 0.6) is 0 Å². The number of nitrogens with one attached hydrogen (secondary N) is 2. The van der Waals surface area contributed by atoms with E-state index in [2.05, 4.69) is 23.6 Å². The van der Waals surface area contributed by atoms with Gasteiger partial charge in [-0.15, -0.1) is 0 Å². The summed E-state index contributed by atoms with van der Waals surface area (Å²) in [6.07, 6.45) is 2.96. The number of aryl methyl sites for hydroxylation is 2. The zero-order valence-electron chi connectivity index (χ0n) is 14.6. The van der Waals surface area contributed by atoms with E-state index in [0.29, 0.717) is 11.4 Å². The number of amides is 2. The minimum Gasteiger partial charge on any atom is -0.326 e. The highest BCUT2D eigenvalue weighted by Crippen LogP contribution is 2.15. The van der Waals surface area contributed by atoms with Gasteiger partial charge >= 0.3 is 0 Å². The Hall–Kier alpha value is -2.69. The highest BCUT2D eigenvalue weighted by Gasteiger charge is 2.24. The average molecular weight is 326 g/mol. The smallest absolute Gasteiger partial charge is 0.293 e. The van der Waals surface area contributed by atoms with Gasteiger partial charge in [-0.1, -0.05) is 6.92 Å². The molecule has 1 aromatic carbocycles. The molecule has 0 unspecified atom stereocenters. The Kier molecular flexibility index (Phi) is 5.68. The van der Waals surface area contributed by atoms with Gasteiger partial charge in [0.2, 0.25) is 11.9 Å². The van der Waals surface area contributed by atoms with Crippen LogP contribution in [0.2, 0.25) is 0 Å². The maximum absolute atomic E-state index is 12.5. The van der Waals surface area contributed by atoms with Crippen molar-refractivity contribution in [3.8, 4) is 0 Å². The molecule has 0 spiro atoms. The number of rotatable bonds is 5. The molecule has 0 bridgehead atoms. The SMILES string of the molecule is CCc1ccc(C)[n+]([C@H](C)C(=O)Nc2ccc(NC(C)=O)cc2)c1. The third-order valence-electron chi connectivity index (χ3n) is 3.93. The predicted octanol–water partition coefficient (Wildman–Crippen LogP) is 3.00. The molecule has 0 saturated carbocycles. The van der Waals surface area contributed by atoms with E-state index >= 15 is 0 Å². The van der Waals surface area contributed by atoms with E-state index in [0.717, 1.165) is 12.1 Å². The molecular formula is C19H24N3O2+. The van der Waals surface area contributed by atoms with E-state index < -0.39 is 0 Å². The Labute approximate surface area is 142 Å². The third kappa shape index (κ3) is 4.41. The minimum atomic E-state index is -0.313. The minimum absolute atomic E-state index is 0.0800. The molecule has 0 aliphatic carbocycles. The van der Waals surface area contributed by atoms with E-state index in [1.807, 2.05) is 30.7 Å². The quantitative estimate of drug-likeness (QED) is 0.830. The van der Waals surface area contributed by atoms with Crippen LogP contribution in [0.15, 0.2) is 42.6 Å². The summed E-state index contributed by atoms with van der Waals surface area (Å²) in [5.41, 5.74) is 3.64. The summed E-state index contributed by atoms with van der Waals surface area (Å²) in [6.45, 7) is 7.43. The fourth-order valence-electron chi connectivity index (χ4n) is 2.48. The molecule has 2 N–H and O–H groups in total. The number of anilines is 2. The standard InChI is InChI=1S/C19H23N3O2/c1-5-16-7-6-13(2)22(12-16)14(3)19(24)21-18-10-8-17(9-11-18)20-15(4)23/h6-12,14H,5H2,1-4H3,(H-,20,21,23,24)/p+1/t14-/m1/s1. The molecule has 126 valence electrons. The Morgan fingerprint density at radius 2 is 1.62 bits per heavy atom. The first-order valence-corrected chi connectivity index (χ1v) is 8.10. The van der Waals surface area contributed by atoms with Gasteiger partial charge in [0.05, 0.1) is 0 Å². The zero-order chi connectivity index (χ0) is 17.7. The monoisotopic (exact) mass is 326 g/mol. The normalized spacial score (nSPS) is 11.7. The lowest BCUT2D eigenvalue weighted by atomic mass is 10.1. The van der Waals surface area contributed by atoms with Gasteiger partial charge in [0, 0.05) is 43.8 Å². The van der Waals surface area contributed by atoms with Crippen LogP contribution in [-0.2, 0) is 16.0 Å². The number of benzene rings is 1. The van der Waals surface area contributed by atoms with Crippen LogP contribution in [0, 0.1) is 6.92 Å². The molecule has 5 nitrogen and oxygen atoms in total. The van der Waals surface area contributed by atoms with Gasteiger partial charge in [0.25, 0.3) is 5.91 Å². The number of carbonyl (C=O) groups excluding carboxylic acids is 2. The van der Waals surface area contributed by atoms with Gasteiger partial charge < -0.3 is 10.6 Å². The first-order chi connectivity index (χ1) is 11.4. The van der Waals surface area contributed by atoms with Crippen molar-refractivity contribution in [3.05, 3.63) is 53.9 Å². The molecule has 0 aliphatic rings. The van der Waals surface area contributed by atoms with Crippen LogP contribution in [-0.4, -0.2) is 11.8 Å². The number of pyridine rings is 1. The van der Waals surface area contributed by atoms with Crippen molar-refractivity contribution < 1.29 is 14.2 Å². The van der Waals surface area contributed by atoms with E-state index in [1.165, 1.54) is 12.5 Å². The van der Waals surface area contributed by atoms with E-state index in [4.69, 9.17) is 0 Å². The number of aromatic nitrogens is 1. The van der Waals surface area contributed by atoms with Crippen LogP contribution in [0.3, 0.4) is 0 Å². The summed E-state index contributed by atoms with van der Waals surface area (Å²) in [5, 5.41) is 5.61. The first-order valence-electron chi connectivity index (χ1n) is 8.10. The summed E-state index contributed by atoms with van der Waals surface area (Å²) < 4.78 is 1.99. The predicted molar refractivity (Wildman–Crippen MR) is 94.8 cm³/mol. The second-order valence-corrected chi connectivity index (χ2v) is 5.86. The molecule has 5 heteroatoms. The van der Waals surface area contributed by atoms with E-state index in [-0.39, 0.29) is 17.9 Å².